The second-order valence-electron chi connectivity index (χ2n) is 15.2. The number of para-hydroxylation sites is 2. The number of carboxylic acid groups (broad SMARTS) is 2. The Hall–Kier alpha value is -5.86. The van der Waals surface area contributed by atoms with Crippen LogP contribution < -0.4 is 9.47 Å². The van der Waals surface area contributed by atoms with E-state index in [1.54, 1.807) is 27.7 Å². The molecule has 2 aromatic rings. The van der Waals surface area contributed by atoms with Gasteiger partial charge in [-0.25, -0.2) is 14.4 Å². The highest BCUT2D eigenvalue weighted by molar-refractivity contribution is 5.87. The summed E-state index contributed by atoms with van der Waals surface area (Å²) in [6.45, 7) is 32.7. The first kappa shape index (κ1) is 66.2. The van der Waals surface area contributed by atoms with Crippen molar-refractivity contribution < 1.29 is 67.4 Å². The Morgan fingerprint density at radius 2 is 0.841 bits per heavy atom. The molecule has 0 heterocycles. The first-order valence-electron chi connectivity index (χ1n) is 19.9. The van der Waals surface area contributed by atoms with Crippen LogP contribution in [0.2, 0.25) is 0 Å². The molecule has 358 valence electrons. The van der Waals surface area contributed by atoms with E-state index in [2.05, 4.69) is 29.2 Å². The molecule has 0 unspecified atom stereocenters. The Bertz CT molecular complexity index is 1640. The Balaban J connectivity index is -0.000000223. The highest BCUT2D eigenvalue weighted by Gasteiger charge is 2.27. The lowest BCUT2D eigenvalue weighted by atomic mass is 9.91. The summed E-state index contributed by atoms with van der Waals surface area (Å²) in [7, 11) is 2.75. The number of hydrogen-bond donors (Lipinski definition) is 2. The number of methoxy groups -OCH3 is 2. The largest absolute Gasteiger partial charge is 0.490 e. The monoisotopic (exact) mass is 890 g/mol. The molecule has 2 rings (SSSR count). The van der Waals surface area contributed by atoms with Crippen molar-refractivity contribution in [2.45, 2.75) is 102 Å². The molecule has 2 N–H and O–H groups in total. The molecule has 0 amide bonds. The fourth-order valence-corrected chi connectivity index (χ4v) is 2.83. The van der Waals surface area contributed by atoms with Gasteiger partial charge < -0.3 is 38.6 Å². The van der Waals surface area contributed by atoms with Crippen molar-refractivity contribution in [3.8, 4) is 11.5 Å². The van der Waals surface area contributed by atoms with Gasteiger partial charge in [-0.05, 0) is 106 Å². The van der Waals surface area contributed by atoms with E-state index < -0.39 is 22.8 Å². The first-order chi connectivity index (χ1) is 28.6. The third-order valence-corrected chi connectivity index (χ3v) is 8.43. The minimum Gasteiger partial charge on any atom is -0.490 e. The van der Waals surface area contributed by atoms with Crippen molar-refractivity contribution in [2.24, 2.45) is 16.2 Å². The lowest BCUT2D eigenvalue weighted by Crippen LogP contribution is -2.27. The number of rotatable bonds is 17. The molecule has 0 aliphatic rings. The van der Waals surface area contributed by atoms with Gasteiger partial charge in [-0.1, -0.05) is 85.3 Å². The number of carboxylic acids is 2. The van der Waals surface area contributed by atoms with Gasteiger partial charge in [-0.2, -0.15) is 0 Å². The average molecular weight is 890 g/mol. The maximum absolute atomic E-state index is 11.6. The van der Waals surface area contributed by atoms with Gasteiger partial charge >= 0.3 is 35.8 Å². The van der Waals surface area contributed by atoms with Crippen LogP contribution >= 0.6 is 0 Å². The van der Waals surface area contributed by atoms with Crippen molar-refractivity contribution in [3.05, 3.63) is 97.1 Å². The summed E-state index contributed by atoms with van der Waals surface area (Å²) in [4.78, 5) is 63.5. The van der Waals surface area contributed by atoms with Gasteiger partial charge in [-0.3, -0.25) is 14.4 Å². The molecule has 0 aliphatic heterocycles. The van der Waals surface area contributed by atoms with E-state index in [9.17, 15) is 28.8 Å². The van der Waals surface area contributed by atoms with Crippen LogP contribution in [0.5, 0.6) is 11.5 Å². The van der Waals surface area contributed by atoms with Crippen LogP contribution in [0.1, 0.15) is 102 Å². The van der Waals surface area contributed by atoms with Crippen LogP contribution in [0.4, 0.5) is 0 Å². The quantitative estimate of drug-likeness (QED) is 0.0506. The van der Waals surface area contributed by atoms with Gasteiger partial charge in [0.05, 0.1) is 30.5 Å². The molecule has 63 heavy (non-hydrogen) atoms. The van der Waals surface area contributed by atoms with Gasteiger partial charge in [0.1, 0.15) is 37.9 Å². The van der Waals surface area contributed by atoms with Gasteiger partial charge in [0.2, 0.25) is 0 Å². The van der Waals surface area contributed by atoms with E-state index in [-0.39, 0.29) is 56.5 Å². The third kappa shape index (κ3) is 36.5. The fraction of sp³-hybridized carbons (Fsp3) is 0.500. The molecule has 0 spiro atoms. The molecule has 15 heteroatoms. The molecule has 0 aromatic heterocycles. The zero-order chi connectivity index (χ0) is 49.1. The number of carbonyl (C=O) groups is 6. The van der Waals surface area contributed by atoms with Crippen molar-refractivity contribution in [3.63, 3.8) is 0 Å². The van der Waals surface area contributed by atoms with Crippen molar-refractivity contribution in [2.75, 3.05) is 40.6 Å². The highest BCUT2D eigenvalue weighted by atomic mass is 16.6. The smallest absolute Gasteiger partial charge is 0.333 e. The number of carbonyl (C=O) groups excluding carboxylic acids is 4. The van der Waals surface area contributed by atoms with Crippen LogP contribution in [0, 0.1) is 16.2 Å². The highest BCUT2D eigenvalue weighted by Crippen LogP contribution is 2.22. The van der Waals surface area contributed by atoms with Gasteiger partial charge in [0.25, 0.3) is 0 Å². The summed E-state index contributed by atoms with van der Waals surface area (Å²) in [5.41, 5.74) is -0.256. The Morgan fingerprint density at radius 1 is 0.508 bits per heavy atom. The minimum atomic E-state index is -0.935. The molecule has 0 aliphatic carbocycles. The lowest BCUT2D eigenvalue weighted by Gasteiger charge is -2.20. The van der Waals surface area contributed by atoms with E-state index in [1.165, 1.54) is 21.1 Å². The van der Waals surface area contributed by atoms with Crippen LogP contribution in [-0.4, -0.2) is 95.1 Å². The van der Waals surface area contributed by atoms with Crippen LogP contribution in [0.25, 0.3) is 0 Å². The molecule has 0 saturated carbocycles. The van der Waals surface area contributed by atoms with Crippen molar-refractivity contribution in [1.82, 2.24) is 0 Å². The number of aliphatic carboxylic acids is 2. The van der Waals surface area contributed by atoms with Crippen LogP contribution in [0.15, 0.2) is 97.1 Å². The standard InChI is InChI=1S/C14H20O3.C12H14O3.C7H14O2.C6H12O2.C5H8O2.C4H6O2.BH4/c1-4-14(2,3)13(15)17-11-10-16-12-8-6-5-7-9-12;1-10(2)12(13)15-9-8-14-11-6-4-3-5-7-11;1-5-7(2,3)6(8)9-4;1-4-6(2,3)5(7)8;1-4(2)5(6)7-3;1-3(2)4(5)6;/h5-9H,4,10-11H2,1-3H3;3-7H,1,8-9H2,2H3;5H2,1-4H3;4H2,1-3H3,(H,7,8);1H2,2-3H3;1H2,2H3,(H,5,6);1H4/q;;;;;;-1. The van der Waals surface area contributed by atoms with Crippen LogP contribution in [-0.2, 0) is 47.7 Å². The lowest BCUT2D eigenvalue weighted by molar-refractivity contribution is -0.155. The van der Waals surface area contributed by atoms with Crippen molar-refractivity contribution in [1.29, 1.82) is 0 Å². The van der Waals surface area contributed by atoms with Crippen LogP contribution in [0.3, 0.4) is 0 Å². The summed E-state index contributed by atoms with van der Waals surface area (Å²) in [6, 6.07) is 18.9. The summed E-state index contributed by atoms with van der Waals surface area (Å²) >= 11 is 0. The SMILES string of the molecule is C=C(C)C(=O)O.C=C(C)C(=O)OC.C=C(C)C(=O)OCCOc1ccccc1.CCC(C)(C)C(=O)O.CCC(C)(C)C(=O)OC.CCC(C)(C)C(=O)OCCOc1ccccc1.[BH4-]. The molecular formula is C48H78BO14-. The summed E-state index contributed by atoms with van der Waals surface area (Å²) in [5.74, 6) is -1.13. The number of hydrogen-bond acceptors (Lipinski definition) is 12. The molecule has 0 fully saturated rings. The molecule has 14 nitrogen and oxygen atoms in total. The molecule has 0 saturated heterocycles. The zero-order valence-electron chi connectivity index (χ0n) is 39.6. The van der Waals surface area contributed by atoms with E-state index in [1.807, 2.05) is 109 Å². The Labute approximate surface area is 378 Å². The Kier molecular flexibility index (Phi) is 38.7. The normalized spacial score (nSPS) is 9.81. The minimum absolute atomic E-state index is 0. The second kappa shape index (κ2) is 36.8. The van der Waals surface area contributed by atoms with E-state index in [0.29, 0.717) is 30.8 Å². The summed E-state index contributed by atoms with van der Waals surface area (Å²) in [6.07, 6.45) is 2.27. The van der Waals surface area contributed by atoms with E-state index in [4.69, 9.17) is 29.2 Å². The zero-order valence-corrected chi connectivity index (χ0v) is 39.6. The number of esters is 4. The molecular weight excluding hydrogens is 811 g/mol. The van der Waals surface area contributed by atoms with E-state index in [0.717, 1.165) is 24.3 Å². The Morgan fingerprint density at radius 3 is 1.06 bits per heavy atom. The summed E-state index contributed by atoms with van der Waals surface area (Å²) in [5, 5.41) is 16.3. The van der Waals surface area contributed by atoms with Gasteiger partial charge in [0.15, 0.2) is 0 Å². The van der Waals surface area contributed by atoms with Gasteiger partial charge in [-0.15, -0.1) is 0 Å². The number of benzene rings is 2. The maximum Gasteiger partial charge on any atom is 0.333 e. The maximum atomic E-state index is 11.6. The predicted octanol–water partition coefficient (Wildman–Crippen LogP) is 8.26. The summed E-state index contributed by atoms with van der Waals surface area (Å²) < 4.78 is 29.6. The third-order valence-electron chi connectivity index (χ3n) is 8.43. The molecule has 0 atom stereocenters. The predicted molar refractivity (Wildman–Crippen MR) is 253 cm³/mol. The molecule has 0 radical (unpaired) electrons. The van der Waals surface area contributed by atoms with Gasteiger partial charge in [0, 0.05) is 16.7 Å². The number of ether oxygens (including phenoxy) is 6. The van der Waals surface area contributed by atoms with E-state index >= 15 is 0 Å². The molecule has 0 bridgehead atoms. The topological polar surface area (TPSA) is 198 Å². The first-order valence-corrected chi connectivity index (χ1v) is 19.9. The van der Waals surface area contributed by atoms with Crippen molar-refractivity contribution >= 4 is 44.2 Å². The molecule has 2 aromatic carbocycles. The fourth-order valence-electron chi connectivity index (χ4n) is 2.83. The second-order valence-corrected chi connectivity index (χ2v) is 15.2. The average Bonchev–Trinajstić information content (AvgIpc) is 3.24.